The fraction of sp³-hybridized carbons (Fsp3) is 0.190. The normalized spacial score (nSPS) is 10.4. The molecule has 26 heavy (non-hydrogen) atoms. The summed E-state index contributed by atoms with van der Waals surface area (Å²) in [7, 11) is 1.91. The number of nitrogens with zero attached hydrogens (tertiary/aromatic N) is 3. The number of para-hydroxylation sites is 1. The van der Waals surface area contributed by atoms with Crippen molar-refractivity contribution in [2.24, 2.45) is 0 Å². The lowest BCUT2D eigenvalue weighted by molar-refractivity contribution is 0.102. The number of carbonyl (C=O) groups is 1. The Morgan fingerprint density at radius 2 is 1.77 bits per heavy atom. The molecule has 0 saturated heterocycles. The van der Waals surface area contributed by atoms with E-state index in [4.69, 9.17) is 0 Å². The second-order valence-corrected chi connectivity index (χ2v) is 6.05. The van der Waals surface area contributed by atoms with Gasteiger partial charge < -0.3 is 10.2 Å². The van der Waals surface area contributed by atoms with Gasteiger partial charge in [-0.3, -0.25) is 4.79 Å². The fourth-order valence-corrected chi connectivity index (χ4v) is 2.72. The molecule has 3 rings (SSSR count). The van der Waals surface area contributed by atoms with Crippen LogP contribution in [0.15, 0.2) is 66.9 Å². The highest BCUT2D eigenvalue weighted by Gasteiger charge is 2.13. The van der Waals surface area contributed by atoms with Crippen LogP contribution in [0, 0.1) is 0 Å². The molecule has 0 atom stereocenters. The zero-order chi connectivity index (χ0) is 18.4. The smallest absolute Gasteiger partial charge is 0.274 e. The summed E-state index contributed by atoms with van der Waals surface area (Å²) in [5, 5.41) is 2.95. The van der Waals surface area contributed by atoms with E-state index in [-0.39, 0.29) is 5.91 Å². The lowest BCUT2D eigenvalue weighted by Crippen LogP contribution is -2.21. The molecular weight excluding hydrogens is 324 g/mol. The van der Waals surface area contributed by atoms with Gasteiger partial charge in [-0.05, 0) is 29.7 Å². The van der Waals surface area contributed by atoms with E-state index in [1.165, 1.54) is 0 Å². The summed E-state index contributed by atoms with van der Waals surface area (Å²) < 4.78 is 0. The highest BCUT2D eigenvalue weighted by atomic mass is 16.1. The van der Waals surface area contributed by atoms with E-state index in [0.717, 1.165) is 23.2 Å². The van der Waals surface area contributed by atoms with E-state index < -0.39 is 0 Å². The van der Waals surface area contributed by atoms with Gasteiger partial charge in [-0.1, -0.05) is 55.5 Å². The van der Waals surface area contributed by atoms with Gasteiger partial charge in [0.05, 0.1) is 0 Å². The lowest BCUT2D eigenvalue weighted by Gasteiger charge is -2.17. The Hall–Kier alpha value is -3.21. The minimum atomic E-state index is -0.234. The van der Waals surface area contributed by atoms with Gasteiger partial charge in [0.2, 0.25) is 5.95 Å². The standard InChI is InChI=1S/C21H22N4O/c1-3-17-11-7-8-12-18(17)23-20(26)19-13-14-22-21(24-19)25(2)15-16-9-5-4-6-10-16/h4-14H,3,15H2,1-2H3,(H,23,26). The maximum atomic E-state index is 12.6. The van der Waals surface area contributed by atoms with Crippen molar-refractivity contribution in [3.8, 4) is 0 Å². The van der Waals surface area contributed by atoms with Gasteiger partial charge in [-0.2, -0.15) is 0 Å². The first kappa shape index (κ1) is 17.6. The first-order valence-corrected chi connectivity index (χ1v) is 8.64. The van der Waals surface area contributed by atoms with Gasteiger partial charge in [0.15, 0.2) is 0 Å². The average Bonchev–Trinajstić information content (AvgIpc) is 2.69. The number of anilines is 2. The lowest BCUT2D eigenvalue weighted by atomic mass is 10.1. The first-order valence-electron chi connectivity index (χ1n) is 8.64. The Morgan fingerprint density at radius 3 is 2.54 bits per heavy atom. The van der Waals surface area contributed by atoms with Crippen LogP contribution < -0.4 is 10.2 Å². The Labute approximate surface area is 153 Å². The van der Waals surface area contributed by atoms with E-state index in [0.29, 0.717) is 18.2 Å². The molecule has 1 N–H and O–H groups in total. The summed E-state index contributed by atoms with van der Waals surface area (Å²) >= 11 is 0. The van der Waals surface area contributed by atoms with E-state index in [2.05, 4.69) is 34.3 Å². The number of carbonyl (C=O) groups excluding carboxylic acids is 1. The van der Waals surface area contributed by atoms with Crippen LogP contribution in [0.2, 0.25) is 0 Å². The van der Waals surface area contributed by atoms with Crippen LogP contribution in [0.1, 0.15) is 28.5 Å². The topological polar surface area (TPSA) is 58.1 Å². The van der Waals surface area contributed by atoms with Crippen LogP contribution in [0.4, 0.5) is 11.6 Å². The largest absolute Gasteiger partial charge is 0.340 e. The highest BCUT2D eigenvalue weighted by molar-refractivity contribution is 6.03. The van der Waals surface area contributed by atoms with Crippen molar-refractivity contribution in [1.82, 2.24) is 9.97 Å². The monoisotopic (exact) mass is 346 g/mol. The summed E-state index contributed by atoms with van der Waals surface area (Å²) in [6.45, 7) is 2.73. The molecule has 0 aliphatic heterocycles. The van der Waals surface area contributed by atoms with Crippen LogP contribution >= 0.6 is 0 Å². The summed E-state index contributed by atoms with van der Waals surface area (Å²) in [5.41, 5.74) is 3.42. The minimum Gasteiger partial charge on any atom is -0.340 e. The Morgan fingerprint density at radius 1 is 1.04 bits per heavy atom. The van der Waals surface area contributed by atoms with Crippen LogP contribution in [0.25, 0.3) is 0 Å². The summed E-state index contributed by atoms with van der Waals surface area (Å²) in [6, 6.07) is 19.5. The molecule has 1 amide bonds. The van der Waals surface area contributed by atoms with E-state index in [1.54, 1.807) is 12.3 Å². The molecule has 1 heterocycles. The van der Waals surface area contributed by atoms with Crippen LogP contribution in [0.5, 0.6) is 0 Å². The predicted octanol–water partition coefficient (Wildman–Crippen LogP) is 3.93. The third-order valence-electron chi connectivity index (χ3n) is 4.13. The second-order valence-electron chi connectivity index (χ2n) is 6.05. The first-order chi connectivity index (χ1) is 12.7. The minimum absolute atomic E-state index is 0.234. The van der Waals surface area contributed by atoms with Gasteiger partial charge in [0.25, 0.3) is 5.91 Å². The number of benzene rings is 2. The van der Waals surface area contributed by atoms with E-state index in [1.807, 2.05) is 54.4 Å². The van der Waals surface area contributed by atoms with Crippen LogP contribution in [-0.4, -0.2) is 22.9 Å². The molecular formula is C21H22N4O. The maximum Gasteiger partial charge on any atom is 0.274 e. The number of amides is 1. The highest BCUT2D eigenvalue weighted by Crippen LogP contribution is 2.17. The molecule has 0 fully saturated rings. The van der Waals surface area contributed by atoms with Crippen molar-refractivity contribution >= 4 is 17.5 Å². The molecule has 0 aliphatic rings. The number of hydrogen-bond acceptors (Lipinski definition) is 4. The zero-order valence-electron chi connectivity index (χ0n) is 15.0. The van der Waals surface area contributed by atoms with Gasteiger partial charge in [-0.15, -0.1) is 0 Å². The summed E-state index contributed by atoms with van der Waals surface area (Å²) in [4.78, 5) is 23.2. The Kier molecular flexibility index (Phi) is 5.59. The molecule has 2 aromatic carbocycles. The maximum absolute atomic E-state index is 12.6. The van der Waals surface area contributed by atoms with E-state index in [9.17, 15) is 4.79 Å². The number of rotatable bonds is 6. The SMILES string of the molecule is CCc1ccccc1NC(=O)c1ccnc(N(C)Cc2ccccc2)n1. The van der Waals surface area contributed by atoms with Crippen LogP contribution in [-0.2, 0) is 13.0 Å². The molecule has 132 valence electrons. The summed E-state index contributed by atoms with van der Waals surface area (Å²) in [5.74, 6) is 0.285. The number of aromatic nitrogens is 2. The second kappa shape index (κ2) is 8.25. The molecule has 0 spiro atoms. The average molecular weight is 346 g/mol. The molecule has 0 aliphatic carbocycles. The molecule has 0 unspecified atom stereocenters. The molecule has 0 saturated carbocycles. The van der Waals surface area contributed by atoms with E-state index >= 15 is 0 Å². The number of aryl methyl sites for hydroxylation is 1. The van der Waals surface area contributed by atoms with Crippen molar-refractivity contribution in [2.45, 2.75) is 19.9 Å². The molecule has 0 bridgehead atoms. The fourth-order valence-electron chi connectivity index (χ4n) is 2.72. The molecule has 5 nitrogen and oxygen atoms in total. The van der Waals surface area contributed by atoms with Crippen LogP contribution in [0.3, 0.4) is 0 Å². The Balaban J connectivity index is 1.75. The van der Waals surface area contributed by atoms with Crippen molar-refractivity contribution < 1.29 is 4.79 Å². The number of nitrogens with one attached hydrogen (secondary N) is 1. The van der Waals surface area contributed by atoms with Gasteiger partial charge in [-0.25, -0.2) is 9.97 Å². The van der Waals surface area contributed by atoms with Crippen molar-refractivity contribution in [3.05, 3.63) is 83.7 Å². The number of hydrogen-bond donors (Lipinski definition) is 1. The molecule has 3 aromatic rings. The van der Waals surface area contributed by atoms with Gasteiger partial charge >= 0.3 is 0 Å². The van der Waals surface area contributed by atoms with Crippen molar-refractivity contribution in [2.75, 3.05) is 17.3 Å². The third-order valence-corrected chi connectivity index (χ3v) is 4.13. The predicted molar refractivity (Wildman–Crippen MR) is 104 cm³/mol. The zero-order valence-corrected chi connectivity index (χ0v) is 15.0. The third kappa shape index (κ3) is 4.25. The summed E-state index contributed by atoms with van der Waals surface area (Å²) in [6.07, 6.45) is 2.47. The quantitative estimate of drug-likeness (QED) is 0.735. The molecule has 0 radical (unpaired) electrons. The van der Waals surface area contributed by atoms with Crippen molar-refractivity contribution in [1.29, 1.82) is 0 Å². The van der Waals surface area contributed by atoms with Crippen molar-refractivity contribution in [3.63, 3.8) is 0 Å². The van der Waals surface area contributed by atoms with Gasteiger partial charge in [0.1, 0.15) is 5.69 Å². The Bertz CT molecular complexity index is 880. The molecule has 1 aromatic heterocycles. The molecule has 5 heteroatoms. The van der Waals surface area contributed by atoms with Gasteiger partial charge in [0, 0.05) is 25.5 Å².